The van der Waals surface area contributed by atoms with Gasteiger partial charge in [0.05, 0.1) is 17.1 Å². The molecule has 1 aromatic heterocycles. The number of fused-ring (bicyclic) bond motifs is 1. The van der Waals surface area contributed by atoms with Crippen molar-refractivity contribution in [1.82, 2.24) is 5.43 Å². The lowest BCUT2D eigenvalue weighted by Gasteiger charge is -2.01. The molecule has 0 saturated carbocycles. The average molecular weight is 341 g/mol. The van der Waals surface area contributed by atoms with Gasteiger partial charge in [-0.2, -0.15) is 5.10 Å². The lowest BCUT2D eigenvalue weighted by Crippen LogP contribution is -2.22. The number of nitrogens with zero attached hydrogens (tertiary/aromatic N) is 1. The van der Waals surface area contributed by atoms with Crippen molar-refractivity contribution in [3.63, 3.8) is 0 Å². The maximum Gasteiger partial charge on any atom is 0.281 e. The second-order valence-electron chi connectivity index (χ2n) is 5.73. The zero-order chi connectivity index (χ0) is 16.9. The molecule has 0 atom stereocenters. The molecule has 1 heterocycles. The fourth-order valence-electron chi connectivity index (χ4n) is 2.71. The van der Waals surface area contributed by atoms with Crippen molar-refractivity contribution in [1.29, 1.82) is 0 Å². The van der Waals surface area contributed by atoms with E-state index in [-0.39, 0.29) is 11.5 Å². The molecule has 5 nitrogen and oxygen atoms in total. The molecule has 24 heavy (non-hydrogen) atoms. The Morgan fingerprint density at radius 3 is 2.62 bits per heavy atom. The number of hydrogen-bond donors (Lipinski definition) is 1. The van der Waals surface area contributed by atoms with Crippen molar-refractivity contribution in [3.05, 3.63) is 56.8 Å². The van der Waals surface area contributed by atoms with E-state index in [1.54, 1.807) is 23.5 Å². The highest BCUT2D eigenvalue weighted by atomic mass is 32.1. The van der Waals surface area contributed by atoms with E-state index in [1.807, 2.05) is 6.07 Å². The van der Waals surface area contributed by atoms with Crippen LogP contribution in [0.2, 0.25) is 0 Å². The summed E-state index contributed by atoms with van der Waals surface area (Å²) in [5.41, 5.74) is 4.62. The van der Waals surface area contributed by atoms with Crippen molar-refractivity contribution in [2.24, 2.45) is 5.10 Å². The van der Waals surface area contributed by atoms with Gasteiger partial charge in [-0.1, -0.05) is 30.7 Å². The fraction of sp³-hybridized carbons (Fsp3) is 0.278. The highest BCUT2D eigenvalue weighted by Crippen LogP contribution is 2.28. The Hall–Kier alpha value is -2.47. The maximum atomic E-state index is 12.2. The highest BCUT2D eigenvalue weighted by Gasteiger charge is 2.15. The summed E-state index contributed by atoms with van der Waals surface area (Å²) in [6.45, 7) is 0. The third kappa shape index (κ3) is 3.89. The summed E-state index contributed by atoms with van der Waals surface area (Å²) in [6.07, 6.45) is 7.22. The van der Waals surface area contributed by atoms with Crippen molar-refractivity contribution >= 4 is 29.4 Å². The Morgan fingerprint density at radius 1 is 1.12 bits per heavy atom. The minimum absolute atomic E-state index is 0.108. The first kappa shape index (κ1) is 16.4. The third-order valence-electron chi connectivity index (χ3n) is 4.00. The summed E-state index contributed by atoms with van der Waals surface area (Å²) in [6, 6.07) is 8.07. The zero-order valence-electron chi connectivity index (χ0n) is 13.1. The standard InChI is InChI=1S/C18H18N2O3S/c21-17(16-10-14-4-2-1-3-5-15(14)24-16)20-19-11-12-6-8-13(9-7-12)18(22)23/h6-11H,1-5H2,(H,20,21)(H,22,23)/p-1/b19-11-. The normalized spacial score (nSPS) is 14.2. The molecular formula is C18H17N2O3S-. The smallest absolute Gasteiger partial charge is 0.281 e. The molecule has 124 valence electrons. The summed E-state index contributed by atoms with van der Waals surface area (Å²) in [5.74, 6) is -1.43. The summed E-state index contributed by atoms with van der Waals surface area (Å²) in [4.78, 5) is 24.9. The molecule has 6 heteroatoms. The number of carboxylic acids is 1. The van der Waals surface area contributed by atoms with Crippen LogP contribution in [0.25, 0.3) is 0 Å². The second kappa shape index (κ2) is 7.40. The number of carboxylic acid groups (broad SMARTS) is 1. The number of rotatable bonds is 4. The number of thiophene rings is 1. The van der Waals surface area contributed by atoms with Crippen molar-refractivity contribution in [2.45, 2.75) is 32.1 Å². The van der Waals surface area contributed by atoms with Gasteiger partial charge in [0.1, 0.15) is 0 Å². The van der Waals surface area contributed by atoms with Crippen molar-refractivity contribution in [3.8, 4) is 0 Å². The predicted octanol–water partition coefficient (Wildman–Crippen LogP) is 2.14. The number of hydrazone groups is 1. The zero-order valence-corrected chi connectivity index (χ0v) is 13.9. The van der Waals surface area contributed by atoms with E-state index in [0.29, 0.717) is 10.4 Å². The van der Waals surface area contributed by atoms with Gasteiger partial charge in [0.25, 0.3) is 5.91 Å². The Bertz CT molecular complexity index is 755. The Kier molecular flexibility index (Phi) is 5.05. The van der Waals surface area contributed by atoms with Crippen LogP contribution in [0.15, 0.2) is 35.4 Å². The van der Waals surface area contributed by atoms with Crippen LogP contribution in [-0.4, -0.2) is 18.1 Å². The summed E-state index contributed by atoms with van der Waals surface area (Å²) < 4.78 is 0. The van der Waals surface area contributed by atoms with E-state index in [2.05, 4.69) is 10.5 Å². The highest BCUT2D eigenvalue weighted by molar-refractivity contribution is 7.14. The maximum absolute atomic E-state index is 12.2. The molecule has 2 aromatic rings. The molecule has 1 aliphatic rings. The minimum Gasteiger partial charge on any atom is -0.545 e. The summed E-state index contributed by atoms with van der Waals surface area (Å²) in [5, 5.41) is 14.6. The number of amides is 1. The number of carbonyl (C=O) groups excluding carboxylic acids is 2. The fourth-order valence-corrected chi connectivity index (χ4v) is 3.85. The first-order valence-electron chi connectivity index (χ1n) is 7.90. The number of aryl methyl sites for hydroxylation is 2. The van der Waals surface area contributed by atoms with E-state index >= 15 is 0 Å². The SMILES string of the molecule is O=C([O-])c1ccc(/C=N\NC(=O)c2cc3c(s2)CCCCC3)cc1. The number of nitrogens with one attached hydrogen (secondary N) is 1. The van der Waals surface area contributed by atoms with Gasteiger partial charge in [-0.05, 0) is 48.4 Å². The van der Waals surface area contributed by atoms with E-state index in [0.717, 1.165) is 12.8 Å². The molecule has 0 radical (unpaired) electrons. The van der Waals surface area contributed by atoms with E-state index in [9.17, 15) is 14.7 Å². The van der Waals surface area contributed by atoms with E-state index in [1.165, 1.54) is 48.1 Å². The Morgan fingerprint density at radius 2 is 1.88 bits per heavy atom. The van der Waals surface area contributed by atoms with Gasteiger partial charge >= 0.3 is 0 Å². The molecule has 3 rings (SSSR count). The van der Waals surface area contributed by atoms with Gasteiger partial charge in [-0.15, -0.1) is 11.3 Å². The van der Waals surface area contributed by atoms with Crippen LogP contribution >= 0.6 is 11.3 Å². The number of benzene rings is 1. The van der Waals surface area contributed by atoms with Gasteiger partial charge in [0, 0.05) is 4.88 Å². The lowest BCUT2D eigenvalue weighted by molar-refractivity contribution is -0.255. The molecule has 0 bridgehead atoms. The predicted molar refractivity (Wildman–Crippen MR) is 91.4 cm³/mol. The second-order valence-corrected chi connectivity index (χ2v) is 6.87. The molecule has 1 amide bonds. The monoisotopic (exact) mass is 341 g/mol. The molecule has 0 spiro atoms. The summed E-state index contributed by atoms with van der Waals surface area (Å²) >= 11 is 1.55. The molecule has 0 saturated heterocycles. The van der Waals surface area contributed by atoms with Crippen molar-refractivity contribution < 1.29 is 14.7 Å². The lowest BCUT2D eigenvalue weighted by atomic mass is 10.1. The van der Waals surface area contributed by atoms with Crippen LogP contribution in [0.4, 0.5) is 0 Å². The van der Waals surface area contributed by atoms with Gasteiger partial charge < -0.3 is 9.90 Å². The van der Waals surface area contributed by atoms with Gasteiger partial charge in [-0.25, -0.2) is 5.43 Å². The molecule has 1 aliphatic carbocycles. The van der Waals surface area contributed by atoms with Crippen molar-refractivity contribution in [2.75, 3.05) is 0 Å². The van der Waals surface area contributed by atoms with E-state index < -0.39 is 5.97 Å². The van der Waals surface area contributed by atoms with E-state index in [4.69, 9.17) is 0 Å². The number of aromatic carboxylic acids is 1. The van der Waals surface area contributed by atoms with Gasteiger partial charge in [0.15, 0.2) is 0 Å². The van der Waals surface area contributed by atoms with Crippen LogP contribution < -0.4 is 10.5 Å². The molecule has 0 unspecified atom stereocenters. The third-order valence-corrected chi connectivity index (χ3v) is 5.23. The Balaban J connectivity index is 1.61. The molecule has 0 aliphatic heterocycles. The van der Waals surface area contributed by atoms with Crippen LogP contribution in [-0.2, 0) is 12.8 Å². The minimum atomic E-state index is -1.22. The van der Waals surface area contributed by atoms with Crippen LogP contribution in [0, 0.1) is 0 Å². The number of carbonyl (C=O) groups is 2. The van der Waals surface area contributed by atoms with Crippen LogP contribution in [0.5, 0.6) is 0 Å². The quantitative estimate of drug-likeness (QED) is 0.525. The van der Waals surface area contributed by atoms with Gasteiger partial charge in [-0.3, -0.25) is 4.79 Å². The molecule has 1 N–H and O–H groups in total. The molecule has 0 fully saturated rings. The summed E-state index contributed by atoms with van der Waals surface area (Å²) in [7, 11) is 0. The first-order valence-corrected chi connectivity index (χ1v) is 8.71. The average Bonchev–Trinajstić information content (AvgIpc) is 2.86. The molecular weight excluding hydrogens is 324 g/mol. The number of hydrogen-bond acceptors (Lipinski definition) is 5. The molecule has 1 aromatic carbocycles. The van der Waals surface area contributed by atoms with Crippen LogP contribution in [0.3, 0.4) is 0 Å². The van der Waals surface area contributed by atoms with Gasteiger partial charge in [0.2, 0.25) is 0 Å². The largest absolute Gasteiger partial charge is 0.545 e. The Labute approximate surface area is 144 Å². The topological polar surface area (TPSA) is 81.6 Å². The van der Waals surface area contributed by atoms with Crippen LogP contribution in [0.1, 0.15) is 55.3 Å². The first-order chi connectivity index (χ1) is 11.6.